The van der Waals surface area contributed by atoms with E-state index in [1.54, 1.807) is 0 Å². The summed E-state index contributed by atoms with van der Waals surface area (Å²) in [6, 6.07) is 0. The van der Waals surface area contributed by atoms with Crippen LogP contribution >= 0.6 is 0 Å². The molecule has 4 heteroatoms. The molecule has 0 spiro atoms. The number of hydrogen-bond donors (Lipinski definition) is 0. The van der Waals surface area contributed by atoms with Crippen LogP contribution in [-0.4, -0.2) is 39.0 Å². The fourth-order valence-corrected chi connectivity index (χ4v) is 2.79. The van der Waals surface area contributed by atoms with Gasteiger partial charge in [-0.1, -0.05) is 84.5 Å². The topological polar surface area (TPSA) is 44.8 Å². The molecule has 26 heavy (non-hydrogen) atoms. The first kappa shape index (κ1) is 25.4. The summed E-state index contributed by atoms with van der Waals surface area (Å²) < 4.78 is 15.9. The summed E-state index contributed by atoms with van der Waals surface area (Å²) in [5.41, 5.74) is 0. The van der Waals surface area contributed by atoms with Crippen LogP contribution in [0, 0.1) is 0 Å². The lowest BCUT2D eigenvalue weighted by Crippen LogP contribution is -2.13. The third kappa shape index (κ3) is 21.4. The Balaban J connectivity index is 3.13. The molecule has 0 radical (unpaired) electrons. The first-order valence-corrected chi connectivity index (χ1v) is 11.1. The van der Waals surface area contributed by atoms with Gasteiger partial charge in [-0.25, -0.2) is 0 Å². The lowest BCUT2D eigenvalue weighted by Gasteiger charge is -2.07. The minimum Gasteiger partial charge on any atom is -0.463 e. The molecule has 0 saturated carbocycles. The predicted molar refractivity (Wildman–Crippen MR) is 109 cm³/mol. The maximum Gasteiger partial charge on any atom is 0.305 e. The van der Waals surface area contributed by atoms with Gasteiger partial charge in [0.25, 0.3) is 0 Å². The first-order valence-electron chi connectivity index (χ1n) is 11.1. The van der Waals surface area contributed by atoms with Gasteiger partial charge in [0.1, 0.15) is 6.61 Å². The van der Waals surface area contributed by atoms with Crippen molar-refractivity contribution in [1.29, 1.82) is 0 Å². The average Bonchev–Trinajstić information content (AvgIpc) is 2.64. The number of carbonyl (C=O) groups excluding carboxylic acids is 1. The van der Waals surface area contributed by atoms with E-state index in [-0.39, 0.29) is 5.97 Å². The van der Waals surface area contributed by atoms with Crippen molar-refractivity contribution in [3.05, 3.63) is 0 Å². The summed E-state index contributed by atoms with van der Waals surface area (Å²) >= 11 is 0. The maximum atomic E-state index is 11.6. The molecule has 4 nitrogen and oxygen atoms in total. The molecular weight excluding hydrogens is 328 g/mol. The molecule has 0 aromatic carbocycles. The number of esters is 1. The summed E-state index contributed by atoms with van der Waals surface area (Å²) in [6.45, 7) is 7.20. The van der Waals surface area contributed by atoms with Crippen LogP contribution in [0.4, 0.5) is 0 Å². The Morgan fingerprint density at radius 2 is 1.00 bits per heavy atom. The monoisotopic (exact) mass is 372 g/mol. The molecule has 0 aromatic heterocycles. The van der Waals surface area contributed by atoms with E-state index in [9.17, 15) is 4.79 Å². The zero-order valence-corrected chi connectivity index (χ0v) is 17.6. The standard InChI is InChI=1S/C22H44O4/c1-3-5-7-8-9-10-11-12-13-14-15-16-22(23)26-21-20-25-19-18-24-17-6-4-2/h3-21H2,1-2H3. The molecular formula is C22H44O4. The van der Waals surface area contributed by atoms with Crippen LogP contribution in [0.15, 0.2) is 0 Å². The average molecular weight is 373 g/mol. The van der Waals surface area contributed by atoms with Gasteiger partial charge < -0.3 is 14.2 Å². The highest BCUT2D eigenvalue weighted by molar-refractivity contribution is 5.69. The molecule has 0 aliphatic rings. The summed E-state index contributed by atoms with van der Waals surface area (Å²) in [4.78, 5) is 11.6. The van der Waals surface area contributed by atoms with Crippen molar-refractivity contribution in [3.8, 4) is 0 Å². The highest BCUT2D eigenvalue weighted by atomic mass is 16.6. The summed E-state index contributed by atoms with van der Waals surface area (Å²) in [7, 11) is 0. The molecule has 0 amide bonds. The van der Waals surface area contributed by atoms with Crippen molar-refractivity contribution in [2.75, 3.05) is 33.0 Å². The van der Waals surface area contributed by atoms with E-state index in [0.29, 0.717) is 32.8 Å². The van der Waals surface area contributed by atoms with E-state index in [0.717, 1.165) is 32.3 Å². The molecule has 0 atom stereocenters. The van der Waals surface area contributed by atoms with Crippen LogP contribution in [0.5, 0.6) is 0 Å². The highest BCUT2D eigenvalue weighted by Crippen LogP contribution is 2.12. The Kier molecular flexibility index (Phi) is 21.9. The SMILES string of the molecule is CCCCCCCCCCCCCC(=O)OCCOCCOCCCC. The Bertz CT molecular complexity index is 281. The van der Waals surface area contributed by atoms with Crippen molar-refractivity contribution >= 4 is 5.97 Å². The Hall–Kier alpha value is -0.610. The zero-order chi connectivity index (χ0) is 19.1. The zero-order valence-electron chi connectivity index (χ0n) is 17.6. The van der Waals surface area contributed by atoms with Gasteiger partial charge >= 0.3 is 5.97 Å². The molecule has 0 aromatic rings. The fraction of sp³-hybridized carbons (Fsp3) is 0.955. The smallest absolute Gasteiger partial charge is 0.305 e. The van der Waals surface area contributed by atoms with Gasteiger partial charge in [0.05, 0.1) is 19.8 Å². The second kappa shape index (κ2) is 22.4. The van der Waals surface area contributed by atoms with Gasteiger partial charge in [0.15, 0.2) is 0 Å². The van der Waals surface area contributed by atoms with E-state index in [1.807, 2.05) is 0 Å². The Morgan fingerprint density at radius 3 is 1.58 bits per heavy atom. The van der Waals surface area contributed by atoms with E-state index in [4.69, 9.17) is 14.2 Å². The number of ether oxygens (including phenoxy) is 3. The molecule has 0 rings (SSSR count). The van der Waals surface area contributed by atoms with Crippen LogP contribution in [0.2, 0.25) is 0 Å². The molecule has 156 valence electrons. The number of hydrogen-bond acceptors (Lipinski definition) is 4. The molecule has 0 saturated heterocycles. The van der Waals surface area contributed by atoms with Crippen molar-refractivity contribution in [2.45, 2.75) is 104 Å². The highest BCUT2D eigenvalue weighted by Gasteiger charge is 2.02. The van der Waals surface area contributed by atoms with Crippen molar-refractivity contribution in [1.82, 2.24) is 0 Å². The van der Waals surface area contributed by atoms with Gasteiger partial charge in [-0.15, -0.1) is 0 Å². The van der Waals surface area contributed by atoms with Crippen molar-refractivity contribution in [3.63, 3.8) is 0 Å². The molecule has 0 aliphatic carbocycles. The summed E-state index contributed by atoms with van der Waals surface area (Å²) in [5.74, 6) is -0.0938. The fourth-order valence-electron chi connectivity index (χ4n) is 2.79. The second-order valence-electron chi connectivity index (χ2n) is 7.08. The quantitative estimate of drug-likeness (QED) is 0.181. The van der Waals surface area contributed by atoms with E-state index in [2.05, 4.69) is 13.8 Å². The summed E-state index contributed by atoms with van der Waals surface area (Å²) in [6.07, 6.45) is 17.0. The van der Waals surface area contributed by atoms with E-state index in [1.165, 1.54) is 57.8 Å². The molecule has 0 unspecified atom stereocenters. The number of unbranched alkanes of at least 4 members (excludes halogenated alkanes) is 11. The van der Waals surface area contributed by atoms with E-state index < -0.39 is 0 Å². The minimum absolute atomic E-state index is 0.0938. The van der Waals surface area contributed by atoms with Crippen LogP contribution in [-0.2, 0) is 19.0 Å². The van der Waals surface area contributed by atoms with Gasteiger partial charge in [-0.2, -0.15) is 0 Å². The number of rotatable bonds is 21. The van der Waals surface area contributed by atoms with Crippen LogP contribution < -0.4 is 0 Å². The van der Waals surface area contributed by atoms with Gasteiger partial charge in [-0.05, 0) is 12.8 Å². The van der Waals surface area contributed by atoms with Crippen LogP contribution in [0.25, 0.3) is 0 Å². The van der Waals surface area contributed by atoms with Crippen molar-refractivity contribution in [2.24, 2.45) is 0 Å². The molecule has 0 N–H and O–H groups in total. The van der Waals surface area contributed by atoms with Crippen LogP contribution in [0.3, 0.4) is 0 Å². The summed E-state index contributed by atoms with van der Waals surface area (Å²) in [5, 5.41) is 0. The Morgan fingerprint density at radius 1 is 0.538 bits per heavy atom. The van der Waals surface area contributed by atoms with Gasteiger partial charge in [-0.3, -0.25) is 4.79 Å². The lowest BCUT2D eigenvalue weighted by molar-refractivity contribution is -0.145. The molecule has 0 aliphatic heterocycles. The first-order chi connectivity index (χ1) is 12.8. The van der Waals surface area contributed by atoms with Gasteiger partial charge in [0, 0.05) is 13.0 Å². The second-order valence-corrected chi connectivity index (χ2v) is 7.08. The van der Waals surface area contributed by atoms with Gasteiger partial charge in [0.2, 0.25) is 0 Å². The molecule has 0 heterocycles. The number of carbonyl (C=O) groups is 1. The lowest BCUT2D eigenvalue weighted by atomic mass is 10.1. The third-order valence-electron chi connectivity index (χ3n) is 4.49. The maximum absolute atomic E-state index is 11.6. The van der Waals surface area contributed by atoms with E-state index >= 15 is 0 Å². The normalized spacial score (nSPS) is 11.0. The third-order valence-corrected chi connectivity index (χ3v) is 4.49. The Labute approximate surface area is 162 Å². The minimum atomic E-state index is -0.0938. The molecule has 0 fully saturated rings. The largest absolute Gasteiger partial charge is 0.463 e. The predicted octanol–water partition coefficient (Wildman–Crippen LogP) is 6.06. The van der Waals surface area contributed by atoms with Crippen LogP contribution in [0.1, 0.15) is 104 Å². The van der Waals surface area contributed by atoms with Crippen molar-refractivity contribution < 1.29 is 19.0 Å². The molecule has 0 bridgehead atoms.